The van der Waals surface area contributed by atoms with Crippen LogP contribution in [0.1, 0.15) is 67.7 Å². The number of nitrogens with zero attached hydrogens (tertiary/aromatic N) is 4. The smallest absolute Gasteiger partial charge is 0.420 e. The molecule has 184 valence electrons. The van der Waals surface area contributed by atoms with Crippen molar-refractivity contribution in [1.29, 1.82) is 0 Å². The summed E-state index contributed by atoms with van der Waals surface area (Å²) >= 11 is 6.10. The fourth-order valence-corrected chi connectivity index (χ4v) is 5.49. The number of halogens is 1. The van der Waals surface area contributed by atoms with Crippen molar-refractivity contribution in [2.45, 2.75) is 64.9 Å². The number of aromatic nitrogens is 4. The number of carbonyl (C=O) groups is 1. The Morgan fingerprint density at radius 3 is 2.60 bits per heavy atom. The van der Waals surface area contributed by atoms with E-state index in [9.17, 15) is 4.79 Å². The van der Waals surface area contributed by atoms with Crippen LogP contribution in [0.5, 0.6) is 0 Å². The number of ether oxygens (including phenoxy) is 1. The second-order valence-corrected chi connectivity index (χ2v) is 10.4. The minimum atomic E-state index is -0.745. The molecule has 3 aromatic heterocycles. The summed E-state index contributed by atoms with van der Waals surface area (Å²) in [6.45, 7) is 12.2. The third-order valence-corrected chi connectivity index (χ3v) is 7.33. The Kier molecular flexibility index (Phi) is 6.32. The fourth-order valence-electron chi connectivity index (χ4n) is 5.41. The van der Waals surface area contributed by atoms with Gasteiger partial charge in [-0.15, -0.1) is 0 Å². The molecule has 1 fully saturated rings. The predicted octanol–water partition coefficient (Wildman–Crippen LogP) is 6.13. The van der Waals surface area contributed by atoms with Crippen LogP contribution in [-0.4, -0.2) is 43.9 Å². The maximum absolute atomic E-state index is 13.5. The van der Waals surface area contributed by atoms with Crippen molar-refractivity contribution in [1.82, 2.24) is 24.5 Å². The number of carbonyl (C=O) groups excluding carboxylic acids is 1. The van der Waals surface area contributed by atoms with Gasteiger partial charge in [0.05, 0.1) is 11.2 Å². The molecule has 1 aliphatic rings. The van der Waals surface area contributed by atoms with Gasteiger partial charge >= 0.3 is 6.09 Å². The predicted molar refractivity (Wildman–Crippen MR) is 140 cm³/mol. The van der Waals surface area contributed by atoms with Gasteiger partial charge in [0.15, 0.2) is 11.2 Å². The van der Waals surface area contributed by atoms with Gasteiger partial charge in [0, 0.05) is 17.1 Å². The molecule has 0 bridgehead atoms. The number of hydrogen-bond acceptors (Lipinski definition) is 5. The van der Waals surface area contributed by atoms with Crippen LogP contribution >= 0.6 is 11.6 Å². The summed E-state index contributed by atoms with van der Waals surface area (Å²) in [5.41, 5.74) is 7.19. The quantitative estimate of drug-likeness (QED) is 0.346. The second kappa shape index (κ2) is 9.28. The molecule has 8 heteroatoms. The molecule has 0 saturated carbocycles. The first-order chi connectivity index (χ1) is 16.8. The lowest BCUT2D eigenvalue weighted by Gasteiger charge is -2.23. The van der Waals surface area contributed by atoms with Crippen molar-refractivity contribution in [2.24, 2.45) is 0 Å². The van der Waals surface area contributed by atoms with Gasteiger partial charge in [-0.05, 0) is 92.9 Å². The van der Waals surface area contributed by atoms with Crippen LogP contribution in [0.15, 0.2) is 30.7 Å². The molecule has 1 saturated heterocycles. The van der Waals surface area contributed by atoms with Crippen LogP contribution in [0.25, 0.3) is 27.8 Å². The summed E-state index contributed by atoms with van der Waals surface area (Å²) in [6, 6.07) is 6.52. The molecule has 1 aromatic carbocycles. The molecule has 0 radical (unpaired) electrons. The lowest BCUT2D eigenvalue weighted by atomic mass is 9.88. The zero-order valence-electron chi connectivity index (χ0n) is 20.9. The number of rotatable bonds is 4. The van der Waals surface area contributed by atoms with Gasteiger partial charge < -0.3 is 10.1 Å². The van der Waals surface area contributed by atoms with Gasteiger partial charge in [0.1, 0.15) is 6.33 Å². The molecule has 1 aliphatic heterocycles. The zero-order chi connectivity index (χ0) is 24.9. The van der Waals surface area contributed by atoms with E-state index in [0.29, 0.717) is 5.92 Å². The molecule has 7 nitrogen and oxygen atoms in total. The van der Waals surface area contributed by atoms with Crippen molar-refractivity contribution in [3.63, 3.8) is 0 Å². The molecule has 1 atom stereocenters. The lowest BCUT2D eigenvalue weighted by molar-refractivity contribution is 0.142. The van der Waals surface area contributed by atoms with Crippen molar-refractivity contribution < 1.29 is 9.53 Å². The van der Waals surface area contributed by atoms with E-state index in [1.165, 1.54) is 5.56 Å². The number of piperidine rings is 1. The SMILES string of the molecule is Cc1c(-c2c(C(C)C)c3cc(C4CCNCC4)ccc3n2C(=O)OC(C)Cl)cn2ncnc2c1C. The van der Waals surface area contributed by atoms with Crippen LogP contribution in [0, 0.1) is 13.8 Å². The fraction of sp³-hybridized carbons (Fsp3) is 0.444. The molecule has 0 amide bonds. The van der Waals surface area contributed by atoms with Crippen molar-refractivity contribution in [3.8, 4) is 11.3 Å². The van der Waals surface area contributed by atoms with E-state index in [1.807, 2.05) is 13.1 Å². The van der Waals surface area contributed by atoms with Gasteiger partial charge in [-0.2, -0.15) is 5.10 Å². The molecule has 1 N–H and O–H groups in total. The third-order valence-electron chi connectivity index (χ3n) is 7.25. The van der Waals surface area contributed by atoms with Gasteiger partial charge in [0.2, 0.25) is 0 Å². The van der Waals surface area contributed by atoms with E-state index in [-0.39, 0.29) is 5.92 Å². The maximum atomic E-state index is 13.5. The van der Waals surface area contributed by atoms with Crippen molar-refractivity contribution >= 4 is 34.2 Å². The van der Waals surface area contributed by atoms with Crippen LogP contribution in [0.2, 0.25) is 0 Å². The number of fused-ring (bicyclic) bond motifs is 2. The third kappa shape index (κ3) is 4.10. The maximum Gasteiger partial charge on any atom is 0.420 e. The van der Waals surface area contributed by atoms with E-state index in [4.69, 9.17) is 16.3 Å². The minimum Gasteiger partial charge on any atom is -0.429 e. The largest absolute Gasteiger partial charge is 0.429 e. The number of alkyl halides is 1. The first kappa shape index (κ1) is 23.8. The Bertz CT molecular complexity index is 1410. The number of aryl methyl sites for hydroxylation is 1. The Morgan fingerprint density at radius 2 is 1.91 bits per heavy atom. The molecular weight excluding hydrogens is 462 g/mol. The molecule has 0 spiro atoms. The van der Waals surface area contributed by atoms with E-state index < -0.39 is 11.7 Å². The van der Waals surface area contributed by atoms with Gasteiger partial charge in [-0.3, -0.25) is 0 Å². The number of benzene rings is 1. The standard InChI is InChI=1S/C27H32ClN5O2/c1-15(2)24-21-12-20(19-8-10-29-11-9-19)6-7-23(21)33(27(34)35-18(5)28)25(24)22-13-32-26(30-14-31-32)17(4)16(22)3/h6-7,12-15,18-19,29H,8-11H2,1-5H3. The Morgan fingerprint density at radius 1 is 1.17 bits per heavy atom. The van der Waals surface area contributed by atoms with Crippen LogP contribution < -0.4 is 5.32 Å². The van der Waals surface area contributed by atoms with Crippen LogP contribution in [-0.2, 0) is 4.74 Å². The average Bonchev–Trinajstić information content (AvgIpc) is 3.43. The average molecular weight is 494 g/mol. The van der Waals surface area contributed by atoms with E-state index in [1.54, 1.807) is 22.3 Å². The number of nitrogens with one attached hydrogen (secondary N) is 1. The zero-order valence-corrected chi connectivity index (χ0v) is 21.7. The van der Waals surface area contributed by atoms with E-state index >= 15 is 0 Å². The van der Waals surface area contributed by atoms with Gasteiger partial charge in [-0.1, -0.05) is 31.5 Å². The summed E-state index contributed by atoms with van der Waals surface area (Å²) in [5.74, 6) is 0.683. The van der Waals surface area contributed by atoms with Gasteiger partial charge in [-0.25, -0.2) is 18.9 Å². The second-order valence-electron chi connectivity index (χ2n) is 9.80. The van der Waals surface area contributed by atoms with Crippen LogP contribution in [0.3, 0.4) is 0 Å². The molecule has 5 rings (SSSR count). The normalized spacial score (nSPS) is 15.9. The summed E-state index contributed by atoms with van der Waals surface area (Å²) < 4.78 is 9.01. The highest BCUT2D eigenvalue weighted by molar-refractivity contribution is 6.20. The monoisotopic (exact) mass is 493 g/mol. The van der Waals surface area contributed by atoms with E-state index in [0.717, 1.165) is 70.4 Å². The molecule has 1 unspecified atom stereocenters. The highest BCUT2D eigenvalue weighted by atomic mass is 35.5. The molecule has 35 heavy (non-hydrogen) atoms. The van der Waals surface area contributed by atoms with Crippen molar-refractivity contribution in [3.05, 3.63) is 53.0 Å². The van der Waals surface area contributed by atoms with Crippen molar-refractivity contribution in [2.75, 3.05) is 13.1 Å². The Labute approximate surface area is 210 Å². The summed E-state index contributed by atoms with van der Waals surface area (Å²) in [5, 5.41) is 8.92. The van der Waals surface area contributed by atoms with E-state index in [2.05, 4.69) is 54.4 Å². The van der Waals surface area contributed by atoms with Crippen LogP contribution in [0.4, 0.5) is 4.79 Å². The number of pyridine rings is 1. The molecule has 4 heterocycles. The van der Waals surface area contributed by atoms with Gasteiger partial charge in [0.25, 0.3) is 0 Å². The topological polar surface area (TPSA) is 73.5 Å². The summed E-state index contributed by atoms with van der Waals surface area (Å²) in [6.07, 6.45) is 5.27. The Balaban J connectivity index is 1.83. The number of hydrogen-bond donors (Lipinski definition) is 1. The summed E-state index contributed by atoms with van der Waals surface area (Å²) in [4.78, 5) is 17.9. The first-order valence-corrected chi connectivity index (χ1v) is 12.8. The molecular formula is C27H32ClN5O2. The first-order valence-electron chi connectivity index (χ1n) is 12.3. The molecule has 4 aromatic rings. The molecule has 0 aliphatic carbocycles. The lowest BCUT2D eigenvalue weighted by Crippen LogP contribution is -2.26. The highest BCUT2D eigenvalue weighted by Gasteiger charge is 2.29. The minimum absolute atomic E-state index is 0.171. The Hall–Kier alpha value is -2.90. The summed E-state index contributed by atoms with van der Waals surface area (Å²) in [7, 11) is 0. The highest BCUT2D eigenvalue weighted by Crippen LogP contribution is 2.42.